The number of aryl methyl sites for hydroxylation is 2. The highest BCUT2D eigenvalue weighted by molar-refractivity contribution is 5.83. The predicted molar refractivity (Wildman–Crippen MR) is 106 cm³/mol. The minimum Gasteiger partial charge on any atom is -0.496 e. The van der Waals surface area contributed by atoms with Crippen LogP contribution in [-0.4, -0.2) is 46.7 Å². The van der Waals surface area contributed by atoms with E-state index in [0.29, 0.717) is 39.0 Å². The lowest BCUT2D eigenvalue weighted by molar-refractivity contribution is -0.138. The Kier molecular flexibility index (Phi) is 6.34. The van der Waals surface area contributed by atoms with Crippen LogP contribution in [0.25, 0.3) is 0 Å². The predicted octanol–water partition coefficient (Wildman–Crippen LogP) is 2.06. The second-order valence-electron chi connectivity index (χ2n) is 7.26. The lowest BCUT2D eigenvalue weighted by Gasteiger charge is -2.32. The number of nitrogens with zero attached hydrogens (tertiary/aromatic N) is 3. The molecule has 1 saturated heterocycles. The van der Waals surface area contributed by atoms with Gasteiger partial charge in [0.15, 0.2) is 0 Å². The molecule has 0 bridgehead atoms. The number of hydrogen-bond acceptors (Lipinski definition) is 4. The second kappa shape index (κ2) is 8.91. The first kappa shape index (κ1) is 19.9. The van der Waals surface area contributed by atoms with Gasteiger partial charge in [-0.3, -0.25) is 14.3 Å². The van der Waals surface area contributed by atoms with Gasteiger partial charge >= 0.3 is 0 Å². The van der Waals surface area contributed by atoms with E-state index in [-0.39, 0.29) is 17.7 Å². The number of benzene rings is 1. The van der Waals surface area contributed by atoms with E-state index in [1.54, 1.807) is 12.0 Å². The number of hydrogen-bond donors (Lipinski definition) is 1. The van der Waals surface area contributed by atoms with Crippen molar-refractivity contribution >= 4 is 11.8 Å². The van der Waals surface area contributed by atoms with Crippen LogP contribution in [0.5, 0.6) is 5.75 Å². The van der Waals surface area contributed by atoms with Crippen LogP contribution in [0.4, 0.5) is 0 Å². The Morgan fingerprint density at radius 2 is 2.11 bits per heavy atom. The molecule has 2 heterocycles. The summed E-state index contributed by atoms with van der Waals surface area (Å²) in [6, 6.07) is 9.68. The Morgan fingerprint density at radius 3 is 2.82 bits per heavy atom. The molecule has 0 saturated carbocycles. The average Bonchev–Trinajstić information content (AvgIpc) is 3.01. The van der Waals surface area contributed by atoms with Gasteiger partial charge in [-0.1, -0.05) is 18.2 Å². The molecule has 1 aliphatic rings. The molecule has 0 aliphatic carbocycles. The zero-order valence-corrected chi connectivity index (χ0v) is 16.8. The van der Waals surface area contributed by atoms with Gasteiger partial charge in [0.05, 0.1) is 25.3 Å². The topological polar surface area (TPSA) is 76.5 Å². The average molecular weight is 384 g/mol. The van der Waals surface area contributed by atoms with Crippen LogP contribution in [0.15, 0.2) is 30.3 Å². The number of para-hydroxylation sites is 1. The lowest BCUT2D eigenvalue weighted by Crippen LogP contribution is -2.45. The van der Waals surface area contributed by atoms with Crippen molar-refractivity contribution in [3.8, 4) is 5.75 Å². The molecule has 1 aliphatic heterocycles. The van der Waals surface area contributed by atoms with Crippen molar-refractivity contribution in [1.82, 2.24) is 20.0 Å². The van der Waals surface area contributed by atoms with Gasteiger partial charge < -0.3 is 15.0 Å². The van der Waals surface area contributed by atoms with Crippen LogP contribution < -0.4 is 10.1 Å². The van der Waals surface area contributed by atoms with Gasteiger partial charge in [-0.05, 0) is 32.4 Å². The maximum absolute atomic E-state index is 12.6. The first-order valence-corrected chi connectivity index (χ1v) is 9.66. The van der Waals surface area contributed by atoms with Crippen LogP contribution >= 0.6 is 0 Å². The molecule has 7 heteroatoms. The number of nitrogens with one attached hydrogen (secondary N) is 1. The van der Waals surface area contributed by atoms with E-state index in [0.717, 1.165) is 22.7 Å². The standard InChI is InChI=1S/C21H28N4O3/c1-15-12-16(2)25(23-15)11-10-22-21(27)18-8-9-20(26)24(14-18)13-17-6-4-5-7-19(17)28-3/h4-7,12,18H,8-11,13-14H2,1-3H3,(H,22,27)/t18-/m1/s1. The van der Waals surface area contributed by atoms with Crippen molar-refractivity contribution in [1.29, 1.82) is 0 Å². The van der Waals surface area contributed by atoms with Crippen LogP contribution in [-0.2, 0) is 22.7 Å². The summed E-state index contributed by atoms with van der Waals surface area (Å²) in [5.41, 5.74) is 3.00. The summed E-state index contributed by atoms with van der Waals surface area (Å²) in [6.45, 7) is 6.02. The number of ether oxygens (including phenoxy) is 1. The van der Waals surface area contributed by atoms with E-state index in [9.17, 15) is 9.59 Å². The quantitative estimate of drug-likeness (QED) is 0.793. The summed E-state index contributed by atoms with van der Waals surface area (Å²) in [6.07, 6.45) is 0.984. The molecular weight excluding hydrogens is 356 g/mol. The monoisotopic (exact) mass is 384 g/mol. The van der Waals surface area contributed by atoms with E-state index >= 15 is 0 Å². The smallest absolute Gasteiger partial charge is 0.224 e. The van der Waals surface area contributed by atoms with Crippen molar-refractivity contribution < 1.29 is 14.3 Å². The minimum absolute atomic E-state index is 0.000872. The fourth-order valence-electron chi connectivity index (χ4n) is 3.65. The van der Waals surface area contributed by atoms with Crippen LogP contribution in [0.2, 0.25) is 0 Å². The van der Waals surface area contributed by atoms with Gasteiger partial charge in [0.2, 0.25) is 11.8 Å². The molecule has 1 aromatic carbocycles. The molecule has 3 rings (SSSR count). The Hall–Kier alpha value is -2.83. The zero-order valence-electron chi connectivity index (χ0n) is 16.8. The van der Waals surface area contributed by atoms with Gasteiger partial charge in [0, 0.05) is 37.3 Å². The fourth-order valence-corrected chi connectivity index (χ4v) is 3.65. The number of methoxy groups -OCH3 is 1. The van der Waals surface area contributed by atoms with Crippen LogP contribution in [0, 0.1) is 19.8 Å². The fraction of sp³-hybridized carbons (Fsp3) is 0.476. The maximum atomic E-state index is 12.6. The number of piperidine rings is 1. The number of carbonyl (C=O) groups excluding carboxylic acids is 2. The third-order valence-corrected chi connectivity index (χ3v) is 5.15. The summed E-state index contributed by atoms with van der Waals surface area (Å²) in [5, 5.41) is 7.40. The maximum Gasteiger partial charge on any atom is 0.224 e. The highest BCUT2D eigenvalue weighted by Crippen LogP contribution is 2.24. The molecule has 150 valence electrons. The summed E-state index contributed by atoms with van der Waals surface area (Å²) in [4.78, 5) is 26.7. The van der Waals surface area contributed by atoms with Gasteiger partial charge in [-0.25, -0.2) is 0 Å². The van der Waals surface area contributed by atoms with E-state index in [1.807, 2.05) is 48.9 Å². The highest BCUT2D eigenvalue weighted by Gasteiger charge is 2.30. The number of amides is 2. The van der Waals surface area contributed by atoms with Gasteiger partial charge in [-0.2, -0.15) is 5.10 Å². The van der Waals surface area contributed by atoms with E-state index in [4.69, 9.17) is 4.74 Å². The summed E-state index contributed by atoms with van der Waals surface area (Å²) in [7, 11) is 1.62. The first-order valence-electron chi connectivity index (χ1n) is 9.66. The molecule has 1 atom stereocenters. The number of carbonyl (C=O) groups is 2. The third-order valence-electron chi connectivity index (χ3n) is 5.15. The number of likely N-dealkylation sites (tertiary alicyclic amines) is 1. The zero-order chi connectivity index (χ0) is 20.1. The largest absolute Gasteiger partial charge is 0.496 e. The molecular formula is C21H28N4O3. The Labute approximate surface area is 165 Å². The molecule has 2 aromatic rings. The molecule has 1 N–H and O–H groups in total. The van der Waals surface area contributed by atoms with Crippen molar-refractivity contribution in [3.63, 3.8) is 0 Å². The highest BCUT2D eigenvalue weighted by atomic mass is 16.5. The second-order valence-corrected chi connectivity index (χ2v) is 7.26. The molecule has 1 fully saturated rings. The summed E-state index contributed by atoms with van der Waals surface area (Å²) in [5.74, 6) is 0.649. The van der Waals surface area contributed by atoms with E-state index in [2.05, 4.69) is 10.4 Å². The number of rotatable bonds is 7. The lowest BCUT2D eigenvalue weighted by atomic mass is 9.96. The van der Waals surface area contributed by atoms with E-state index < -0.39 is 0 Å². The molecule has 28 heavy (non-hydrogen) atoms. The van der Waals surface area contributed by atoms with Crippen molar-refractivity contribution in [2.75, 3.05) is 20.2 Å². The summed E-state index contributed by atoms with van der Waals surface area (Å²) >= 11 is 0. The van der Waals surface area contributed by atoms with Crippen molar-refractivity contribution in [3.05, 3.63) is 47.3 Å². The molecule has 0 unspecified atom stereocenters. The molecule has 1 aromatic heterocycles. The minimum atomic E-state index is -0.187. The first-order chi connectivity index (χ1) is 13.5. The van der Waals surface area contributed by atoms with Crippen LogP contribution in [0.3, 0.4) is 0 Å². The van der Waals surface area contributed by atoms with Gasteiger partial charge in [-0.15, -0.1) is 0 Å². The molecule has 7 nitrogen and oxygen atoms in total. The van der Waals surface area contributed by atoms with Crippen molar-refractivity contribution in [2.24, 2.45) is 5.92 Å². The Bertz CT molecular complexity index is 846. The summed E-state index contributed by atoms with van der Waals surface area (Å²) < 4.78 is 7.27. The van der Waals surface area contributed by atoms with Gasteiger partial charge in [0.25, 0.3) is 0 Å². The van der Waals surface area contributed by atoms with Crippen molar-refractivity contribution in [2.45, 2.75) is 39.8 Å². The Morgan fingerprint density at radius 1 is 1.32 bits per heavy atom. The Balaban J connectivity index is 1.55. The number of aromatic nitrogens is 2. The van der Waals surface area contributed by atoms with E-state index in [1.165, 1.54) is 0 Å². The molecule has 0 radical (unpaired) electrons. The SMILES string of the molecule is COc1ccccc1CN1C[C@H](C(=O)NCCn2nc(C)cc2C)CCC1=O. The molecule has 2 amide bonds. The third kappa shape index (κ3) is 4.71. The normalized spacial score (nSPS) is 16.9. The molecule has 0 spiro atoms. The van der Waals surface area contributed by atoms with Gasteiger partial charge in [0.1, 0.15) is 5.75 Å². The van der Waals surface area contributed by atoms with Crippen LogP contribution in [0.1, 0.15) is 29.8 Å².